The van der Waals surface area contributed by atoms with Crippen molar-refractivity contribution in [2.75, 3.05) is 7.05 Å². The second kappa shape index (κ2) is 10.3. The molecule has 1 aromatic carbocycles. The van der Waals surface area contributed by atoms with Crippen LogP contribution in [0.3, 0.4) is 0 Å². The van der Waals surface area contributed by atoms with Gasteiger partial charge in [-0.15, -0.1) is 0 Å². The Morgan fingerprint density at radius 3 is 2.55 bits per heavy atom. The minimum atomic E-state index is -0.748. The van der Waals surface area contributed by atoms with Crippen LogP contribution in [0.15, 0.2) is 28.8 Å². The molecule has 8 heteroatoms. The van der Waals surface area contributed by atoms with E-state index in [0.717, 1.165) is 49.7 Å². The van der Waals surface area contributed by atoms with Crippen LogP contribution < -0.4 is 4.74 Å². The molecule has 8 nitrogen and oxygen atoms in total. The van der Waals surface area contributed by atoms with Gasteiger partial charge in [0.05, 0.1) is 23.3 Å². The van der Waals surface area contributed by atoms with E-state index in [9.17, 15) is 14.7 Å². The molecule has 0 saturated heterocycles. The number of amides is 1. The van der Waals surface area contributed by atoms with Crippen molar-refractivity contribution in [1.82, 2.24) is 10.1 Å². The molecule has 2 aliphatic rings. The minimum Gasteiger partial charge on any atom is -0.490 e. The molecule has 178 valence electrons. The van der Waals surface area contributed by atoms with E-state index in [0.29, 0.717) is 30.0 Å². The van der Waals surface area contributed by atoms with Crippen LogP contribution in [0.25, 0.3) is 11.3 Å². The molecule has 0 radical (unpaired) electrons. The van der Waals surface area contributed by atoms with E-state index in [1.54, 1.807) is 11.9 Å². The first-order valence-electron chi connectivity index (χ1n) is 11.8. The topological polar surface area (TPSA) is 102 Å². The van der Waals surface area contributed by atoms with Gasteiger partial charge in [-0.25, -0.2) is 4.79 Å². The van der Waals surface area contributed by atoms with E-state index in [2.05, 4.69) is 5.16 Å². The summed E-state index contributed by atoms with van der Waals surface area (Å²) in [4.78, 5) is 25.5. The number of hydrogen-bond acceptors (Lipinski definition) is 6. The maximum absolute atomic E-state index is 12.5. The lowest BCUT2D eigenvalue weighted by molar-refractivity contribution is -0.143. The molecule has 0 unspecified atom stereocenters. The summed E-state index contributed by atoms with van der Waals surface area (Å²) in [5.74, 6) is 0.177. The van der Waals surface area contributed by atoms with E-state index in [-0.39, 0.29) is 30.8 Å². The van der Waals surface area contributed by atoms with Crippen molar-refractivity contribution >= 4 is 12.1 Å². The Balaban J connectivity index is 1.38. The first-order valence-corrected chi connectivity index (χ1v) is 11.8. The second-order valence-corrected chi connectivity index (χ2v) is 9.15. The molecular weight excluding hydrogens is 424 g/mol. The van der Waals surface area contributed by atoms with E-state index in [1.165, 1.54) is 0 Å². The Labute approximate surface area is 193 Å². The number of benzene rings is 1. The highest BCUT2D eigenvalue weighted by molar-refractivity contribution is 5.70. The van der Waals surface area contributed by atoms with E-state index >= 15 is 0 Å². The molecule has 2 aromatic rings. The van der Waals surface area contributed by atoms with Crippen LogP contribution in [0, 0.1) is 12.8 Å². The summed E-state index contributed by atoms with van der Waals surface area (Å²) in [6.07, 6.45) is 6.88. The number of aliphatic carboxylic acids is 1. The quantitative estimate of drug-likeness (QED) is 0.612. The predicted octanol–water partition coefficient (Wildman–Crippen LogP) is 5.18. The lowest BCUT2D eigenvalue weighted by Crippen LogP contribution is -2.35. The van der Waals surface area contributed by atoms with Gasteiger partial charge < -0.3 is 24.0 Å². The summed E-state index contributed by atoms with van der Waals surface area (Å²) in [5.41, 5.74) is 2.24. The van der Waals surface area contributed by atoms with Crippen LogP contribution in [0.2, 0.25) is 0 Å². The van der Waals surface area contributed by atoms with Gasteiger partial charge in [-0.1, -0.05) is 18.0 Å². The highest BCUT2D eigenvalue weighted by Crippen LogP contribution is 2.31. The molecule has 0 bridgehead atoms. The van der Waals surface area contributed by atoms with Gasteiger partial charge in [-0.05, 0) is 69.7 Å². The molecule has 4 rings (SSSR count). The standard InChI is InChI=1S/C25H32N2O6/c1-16-22(15-31-25(30)27(2)19-7-3-4-8-19)23(33-26-16)17-10-12-20(13-11-17)32-21-9-5-6-18(14-21)24(28)29/h10-13,18-19,21H,3-9,14-15H2,1-2H3,(H,28,29)/t18-,21-/m1/s1. The lowest BCUT2D eigenvalue weighted by atomic mass is 9.87. The SMILES string of the molecule is Cc1noc(-c2ccc(O[C@@H]3CCC[C@@H](C(=O)O)C3)cc2)c1COC(=O)N(C)C1CCCC1. The fourth-order valence-corrected chi connectivity index (χ4v) is 4.82. The number of carbonyl (C=O) groups excluding carboxylic acids is 1. The smallest absolute Gasteiger partial charge is 0.410 e. The van der Waals surface area contributed by atoms with Crippen LogP contribution in [-0.2, 0) is 16.1 Å². The third kappa shape index (κ3) is 5.49. The van der Waals surface area contributed by atoms with Crippen LogP contribution in [0.4, 0.5) is 4.79 Å². The number of hydrogen-bond donors (Lipinski definition) is 1. The van der Waals surface area contributed by atoms with Crippen molar-refractivity contribution in [2.45, 2.75) is 77.0 Å². The van der Waals surface area contributed by atoms with Gasteiger partial charge in [0.25, 0.3) is 0 Å². The largest absolute Gasteiger partial charge is 0.490 e. The van der Waals surface area contributed by atoms with Crippen molar-refractivity contribution < 1.29 is 28.7 Å². The van der Waals surface area contributed by atoms with Crippen molar-refractivity contribution in [3.05, 3.63) is 35.5 Å². The van der Waals surface area contributed by atoms with Crippen LogP contribution in [-0.4, -0.2) is 46.4 Å². The first-order chi connectivity index (χ1) is 15.9. The molecule has 2 atom stereocenters. The average molecular weight is 457 g/mol. The molecule has 1 N–H and O–H groups in total. The van der Waals surface area contributed by atoms with E-state index < -0.39 is 5.97 Å². The number of rotatable bonds is 7. The van der Waals surface area contributed by atoms with Crippen LogP contribution in [0.1, 0.15) is 62.6 Å². The summed E-state index contributed by atoms with van der Waals surface area (Å²) in [6.45, 7) is 1.92. The van der Waals surface area contributed by atoms with Crippen molar-refractivity contribution in [1.29, 1.82) is 0 Å². The maximum Gasteiger partial charge on any atom is 0.410 e. The van der Waals surface area contributed by atoms with Crippen LogP contribution in [0.5, 0.6) is 5.75 Å². The number of nitrogens with zero attached hydrogens (tertiary/aromatic N) is 2. The molecule has 0 spiro atoms. The molecular formula is C25H32N2O6. The zero-order valence-corrected chi connectivity index (χ0v) is 19.3. The fourth-order valence-electron chi connectivity index (χ4n) is 4.82. The van der Waals surface area contributed by atoms with Gasteiger partial charge >= 0.3 is 12.1 Å². The van der Waals surface area contributed by atoms with E-state index in [1.807, 2.05) is 31.2 Å². The number of aryl methyl sites for hydroxylation is 1. The number of ether oxygens (including phenoxy) is 2. The molecule has 0 aliphatic heterocycles. The molecule has 1 amide bonds. The Hall–Kier alpha value is -3.03. The van der Waals surface area contributed by atoms with Crippen molar-refractivity contribution in [3.63, 3.8) is 0 Å². The zero-order chi connectivity index (χ0) is 23.4. The summed E-state index contributed by atoms with van der Waals surface area (Å²) in [5, 5.41) is 13.3. The van der Waals surface area contributed by atoms with Gasteiger partial charge in [-0.3, -0.25) is 4.79 Å². The second-order valence-electron chi connectivity index (χ2n) is 9.15. The molecule has 1 aromatic heterocycles. The molecule has 33 heavy (non-hydrogen) atoms. The number of carboxylic acids is 1. The Bertz CT molecular complexity index is 964. The van der Waals surface area contributed by atoms with Gasteiger partial charge in [0.2, 0.25) is 0 Å². The first kappa shape index (κ1) is 23.1. The Morgan fingerprint density at radius 2 is 1.85 bits per heavy atom. The van der Waals surface area contributed by atoms with Crippen molar-refractivity contribution in [3.8, 4) is 17.1 Å². The lowest BCUT2D eigenvalue weighted by Gasteiger charge is -2.27. The van der Waals surface area contributed by atoms with Gasteiger partial charge in [-0.2, -0.15) is 0 Å². The molecule has 2 saturated carbocycles. The van der Waals surface area contributed by atoms with Crippen molar-refractivity contribution in [2.24, 2.45) is 5.92 Å². The van der Waals surface area contributed by atoms with Gasteiger partial charge in [0.1, 0.15) is 12.4 Å². The average Bonchev–Trinajstić information content (AvgIpc) is 3.48. The van der Waals surface area contributed by atoms with E-state index in [4.69, 9.17) is 14.0 Å². The normalized spacial score (nSPS) is 21.0. The summed E-state index contributed by atoms with van der Waals surface area (Å²) in [6, 6.07) is 7.71. The predicted molar refractivity (Wildman–Crippen MR) is 121 cm³/mol. The third-order valence-corrected chi connectivity index (χ3v) is 6.88. The minimum absolute atomic E-state index is 0.0925. The summed E-state index contributed by atoms with van der Waals surface area (Å²) < 4.78 is 17.1. The highest BCUT2D eigenvalue weighted by atomic mass is 16.6. The Morgan fingerprint density at radius 1 is 1.12 bits per heavy atom. The zero-order valence-electron chi connectivity index (χ0n) is 19.3. The highest BCUT2D eigenvalue weighted by Gasteiger charge is 2.28. The third-order valence-electron chi connectivity index (χ3n) is 6.88. The number of carboxylic acid groups (broad SMARTS) is 1. The molecule has 2 aliphatic carbocycles. The maximum atomic E-state index is 12.5. The fraction of sp³-hybridized carbons (Fsp3) is 0.560. The monoisotopic (exact) mass is 456 g/mol. The summed E-state index contributed by atoms with van der Waals surface area (Å²) in [7, 11) is 1.80. The molecule has 1 heterocycles. The Kier molecular flexibility index (Phi) is 7.20. The van der Waals surface area contributed by atoms with Crippen LogP contribution >= 0.6 is 0 Å². The summed E-state index contributed by atoms with van der Waals surface area (Å²) >= 11 is 0. The number of aromatic nitrogens is 1. The van der Waals surface area contributed by atoms with Gasteiger partial charge in [0, 0.05) is 18.7 Å². The number of carbonyl (C=O) groups is 2. The molecule has 2 fully saturated rings. The van der Waals surface area contributed by atoms with Gasteiger partial charge in [0.15, 0.2) is 5.76 Å².